The molecule has 1 aliphatic heterocycles. The maximum absolute atomic E-state index is 12.7. The molecule has 1 aromatic carbocycles. The lowest BCUT2D eigenvalue weighted by Gasteiger charge is -2.13. The highest BCUT2D eigenvalue weighted by Crippen LogP contribution is 2.37. The van der Waals surface area contributed by atoms with E-state index in [1.54, 1.807) is 37.7 Å². The van der Waals surface area contributed by atoms with E-state index in [0.717, 1.165) is 46.7 Å². The van der Waals surface area contributed by atoms with Gasteiger partial charge in [-0.3, -0.25) is 4.79 Å². The van der Waals surface area contributed by atoms with Crippen molar-refractivity contribution in [3.05, 3.63) is 89.0 Å². The number of pyridine rings is 2. The Morgan fingerprint density at radius 3 is 2.87 bits per heavy atom. The Labute approximate surface area is 222 Å². The number of fused-ring (bicyclic) bond motifs is 1. The lowest BCUT2D eigenvalue weighted by molar-refractivity contribution is 0.102. The van der Waals surface area contributed by atoms with Gasteiger partial charge < -0.3 is 25.8 Å². The van der Waals surface area contributed by atoms with E-state index in [0.29, 0.717) is 36.1 Å². The molecule has 0 fully saturated rings. The van der Waals surface area contributed by atoms with Crippen LogP contribution in [-0.4, -0.2) is 35.8 Å². The van der Waals surface area contributed by atoms with E-state index < -0.39 is 0 Å². The van der Waals surface area contributed by atoms with Crippen LogP contribution in [0.25, 0.3) is 5.57 Å². The van der Waals surface area contributed by atoms with Crippen LogP contribution in [0.15, 0.2) is 71.8 Å². The zero-order valence-electron chi connectivity index (χ0n) is 21.8. The van der Waals surface area contributed by atoms with E-state index in [9.17, 15) is 4.79 Å². The minimum absolute atomic E-state index is 0.237. The molecule has 4 rings (SSSR count). The summed E-state index contributed by atoms with van der Waals surface area (Å²) in [6.07, 6.45) is 10.4. The topological polar surface area (TPSA) is 124 Å². The van der Waals surface area contributed by atoms with Gasteiger partial charge in [-0.25, -0.2) is 15.0 Å². The van der Waals surface area contributed by atoms with E-state index in [2.05, 4.69) is 25.6 Å². The number of allylic oxidation sites excluding steroid dienone is 3. The summed E-state index contributed by atoms with van der Waals surface area (Å²) in [6.45, 7) is 5.12. The summed E-state index contributed by atoms with van der Waals surface area (Å²) in [4.78, 5) is 25.8. The molecule has 0 spiro atoms. The number of carbonyl (C=O) groups is 1. The fourth-order valence-corrected chi connectivity index (χ4v) is 3.98. The third kappa shape index (κ3) is 6.56. The van der Waals surface area contributed by atoms with E-state index in [1.165, 1.54) is 0 Å². The molecule has 1 aliphatic rings. The fourth-order valence-electron chi connectivity index (χ4n) is 3.98. The average Bonchev–Trinajstić information content (AvgIpc) is 3.43. The number of benzene rings is 1. The van der Waals surface area contributed by atoms with Crippen LogP contribution in [0, 0.1) is 0 Å². The summed E-state index contributed by atoms with van der Waals surface area (Å²) < 4.78 is 11.1. The van der Waals surface area contributed by atoms with E-state index >= 15 is 0 Å². The maximum atomic E-state index is 12.7. The zero-order chi connectivity index (χ0) is 26.9. The summed E-state index contributed by atoms with van der Waals surface area (Å²) >= 11 is 0. The summed E-state index contributed by atoms with van der Waals surface area (Å²) in [6, 6.07) is 10.9. The Morgan fingerprint density at radius 1 is 1.24 bits per heavy atom. The molecule has 3 heterocycles. The van der Waals surface area contributed by atoms with Crippen molar-refractivity contribution in [1.29, 1.82) is 0 Å². The molecule has 9 heteroatoms. The highest BCUT2D eigenvalue weighted by atomic mass is 16.5. The highest BCUT2D eigenvalue weighted by molar-refractivity contribution is 6.03. The number of aliphatic imine (C=N–C) groups is 1. The summed E-state index contributed by atoms with van der Waals surface area (Å²) in [5, 5.41) is 6.22. The molecular formula is C29H32N6O3. The molecule has 38 heavy (non-hydrogen) atoms. The molecule has 0 saturated heterocycles. The summed E-state index contributed by atoms with van der Waals surface area (Å²) in [7, 11) is 1.57. The van der Waals surface area contributed by atoms with Crippen LogP contribution in [0.4, 0.5) is 11.6 Å². The van der Waals surface area contributed by atoms with Crippen LogP contribution in [-0.2, 0) is 13.0 Å². The number of hydrogen-bond donors (Lipinski definition) is 3. The number of ether oxygens (including phenoxy) is 2. The second kappa shape index (κ2) is 12.5. The van der Waals surface area contributed by atoms with Crippen LogP contribution >= 0.6 is 0 Å². The number of aromatic nitrogens is 2. The molecule has 196 valence electrons. The molecule has 0 unspecified atom stereocenters. The number of methoxy groups -OCH3 is 1. The van der Waals surface area contributed by atoms with Crippen molar-refractivity contribution >= 4 is 29.3 Å². The Morgan fingerprint density at radius 2 is 2.11 bits per heavy atom. The van der Waals surface area contributed by atoms with Gasteiger partial charge in [0.25, 0.3) is 5.91 Å². The number of nitrogens with one attached hydrogen (secondary N) is 2. The quantitative estimate of drug-likeness (QED) is 0.328. The van der Waals surface area contributed by atoms with E-state index in [-0.39, 0.29) is 5.91 Å². The van der Waals surface area contributed by atoms with E-state index in [1.807, 2.05) is 50.4 Å². The van der Waals surface area contributed by atoms with Crippen molar-refractivity contribution in [3.63, 3.8) is 0 Å². The summed E-state index contributed by atoms with van der Waals surface area (Å²) in [5.74, 6) is 2.95. The molecule has 0 atom stereocenters. The molecule has 0 aliphatic carbocycles. The van der Waals surface area contributed by atoms with Gasteiger partial charge in [0.1, 0.15) is 29.0 Å². The standard InChI is InChI=1S/C29H32N6O3/c1-4-6-25(30)31-13-11-19(2)24-18-34-28(23-12-14-38-27(23)24)33-16-20-7-5-8-21(15-20)29(36)35-26-10-9-22(37-3)17-32-26/h5-11,13,15,17-18H,4,12,14,16,30H2,1-3H3,(H,33,34)(H,32,35,36)/b19-11+,25-6+,31-13+. The SMILES string of the molecule is CC/C=C(N)/N=C/C=C(\C)c1cnc(NCc2cccc(C(=O)Nc3ccc(OC)cn3)c2)c2c1OCC2. The monoisotopic (exact) mass is 512 g/mol. The van der Waals surface area contributed by atoms with Gasteiger partial charge in [-0.05, 0) is 60.9 Å². The predicted molar refractivity (Wildman–Crippen MR) is 151 cm³/mol. The lowest BCUT2D eigenvalue weighted by atomic mass is 10.0. The molecule has 1 amide bonds. The second-order valence-corrected chi connectivity index (χ2v) is 8.68. The number of hydrogen-bond acceptors (Lipinski definition) is 8. The molecule has 9 nitrogen and oxygen atoms in total. The minimum Gasteiger partial charge on any atom is -0.495 e. The first-order valence-electron chi connectivity index (χ1n) is 12.4. The zero-order valence-corrected chi connectivity index (χ0v) is 21.8. The Bertz CT molecular complexity index is 1380. The third-order valence-corrected chi connectivity index (χ3v) is 5.97. The molecule has 4 N–H and O–H groups in total. The largest absolute Gasteiger partial charge is 0.495 e. The molecule has 0 saturated carbocycles. The van der Waals surface area contributed by atoms with E-state index in [4.69, 9.17) is 15.2 Å². The third-order valence-electron chi connectivity index (χ3n) is 5.97. The number of carbonyl (C=O) groups excluding carboxylic acids is 1. The molecule has 3 aromatic rings. The van der Waals surface area contributed by atoms with Gasteiger partial charge in [-0.1, -0.05) is 19.1 Å². The molecule has 0 radical (unpaired) electrons. The van der Waals surface area contributed by atoms with Gasteiger partial charge in [-0.2, -0.15) is 0 Å². The van der Waals surface area contributed by atoms with Crippen LogP contribution in [0.2, 0.25) is 0 Å². The van der Waals surface area contributed by atoms with Crippen molar-refractivity contribution in [1.82, 2.24) is 9.97 Å². The Kier molecular flexibility index (Phi) is 8.71. The highest BCUT2D eigenvalue weighted by Gasteiger charge is 2.22. The van der Waals surface area contributed by atoms with Crippen molar-refractivity contribution in [2.24, 2.45) is 10.7 Å². The van der Waals surface area contributed by atoms with Crippen LogP contribution in [0.5, 0.6) is 11.5 Å². The van der Waals surface area contributed by atoms with Gasteiger partial charge in [0.2, 0.25) is 0 Å². The smallest absolute Gasteiger partial charge is 0.256 e. The predicted octanol–water partition coefficient (Wildman–Crippen LogP) is 4.97. The normalized spacial score (nSPS) is 13.2. The van der Waals surface area contributed by atoms with Crippen LogP contribution in [0.3, 0.4) is 0 Å². The first-order chi connectivity index (χ1) is 18.5. The van der Waals surface area contributed by atoms with Gasteiger partial charge in [0, 0.05) is 42.1 Å². The molecule has 2 aromatic heterocycles. The number of amides is 1. The number of rotatable bonds is 10. The number of anilines is 2. The van der Waals surface area contributed by atoms with Crippen molar-refractivity contribution in [2.75, 3.05) is 24.4 Å². The summed E-state index contributed by atoms with van der Waals surface area (Å²) in [5.41, 5.74) is 10.3. The van der Waals surface area contributed by atoms with Crippen LogP contribution < -0.4 is 25.8 Å². The molecule has 0 bridgehead atoms. The Balaban J connectivity index is 1.44. The van der Waals surface area contributed by atoms with Gasteiger partial charge in [0.15, 0.2) is 0 Å². The fraction of sp³-hybridized carbons (Fsp3) is 0.241. The van der Waals surface area contributed by atoms with Gasteiger partial charge >= 0.3 is 0 Å². The minimum atomic E-state index is -0.237. The van der Waals surface area contributed by atoms with Crippen molar-refractivity contribution in [2.45, 2.75) is 33.2 Å². The first kappa shape index (κ1) is 26.4. The Hall–Kier alpha value is -4.66. The lowest BCUT2D eigenvalue weighted by Crippen LogP contribution is -2.13. The maximum Gasteiger partial charge on any atom is 0.256 e. The average molecular weight is 513 g/mol. The number of nitrogens with two attached hydrogens (primary N) is 1. The number of nitrogens with zero attached hydrogens (tertiary/aromatic N) is 3. The van der Waals surface area contributed by atoms with Gasteiger partial charge in [-0.15, -0.1) is 0 Å². The first-order valence-corrected chi connectivity index (χ1v) is 12.4. The van der Waals surface area contributed by atoms with Crippen LogP contribution in [0.1, 0.15) is 47.3 Å². The van der Waals surface area contributed by atoms with Crippen molar-refractivity contribution < 1.29 is 14.3 Å². The van der Waals surface area contributed by atoms with Crippen molar-refractivity contribution in [3.8, 4) is 11.5 Å². The second-order valence-electron chi connectivity index (χ2n) is 8.68. The molecular weight excluding hydrogens is 480 g/mol. The van der Waals surface area contributed by atoms with Gasteiger partial charge in [0.05, 0.1) is 19.9 Å².